The first-order chi connectivity index (χ1) is 48.7. The minimum atomic E-state index is -4.96. The van der Waals surface area contributed by atoms with Crippen LogP contribution in [0.2, 0.25) is 0 Å². The largest absolute Gasteiger partial charge is 0.472 e. The standard InChI is InChI=1S/C81H158O17P2/c1-5-9-13-17-21-25-29-31-33-35-37-38-39-41-43-45-48-52-56-60-64-68-81(86)98-77(72-92-79(84)66-62-58-54-50-47-44-42-40-36-34-32-30-26-22-18-14-10-6-2)74-96-100(89,90)94-70-75(82)69-93-99(87,88)95-73-76(71-91-78(83)65-61-57-53-49-28-24-20-16-12-8-4)97-80(85)67-63-59-55-51-46-27-23-19-15-11-7-3/h75-77,82H,5-74H2,1-4H3,(H,87,88)(H,89,90)/t75-,76+,77+/m0/s1. The smallest absolute Gasteiger partial charge is 0.462 e. The predicted molar refractivity (Wildman–Crippen MR) is 409 cm³/mol. The molecule has 0 aromatic heterocycles. The number of phosphoric ester groups is 2. The molecule has 0 aliphatic heterocycles. The third-order valence-corrected chi connectivity index (χ3v) is 21.0. The molecule has 0 aromatic carbocycles. The van der Waals surface area contributed by atoms with Crippen molar-refractivity contribution in [3.8, 4) is 0 Å². The van der Waals surface area contributed by atoms with Gasteiger partial charge in [0.1, 0.15) is 19.3 Å². The zero-order valence-electron chi connectivity index (χ0n) is 65.2. The van der Waals surface area contributed by atoms with Crippen molar-refractivity contribution in [2.24, 2.45) is 0 Å². The van der Waals surface area contributed by atoms with Crippen molar-refractivity contribution in [2.75, 3.05) is 39.6 Å². The van der Waals surface area contributed by atoms with Gasteiger partial charge in [-0.15, -0.1) is 0 Å². The topological polar surface area (TPSA) is 237 Å². The Morgan fingerprint density at radius 1 is 0.240 bits per heavy atom. The Hall–Kier alpha value is -1.94. The second-order valence-electron chi connectivity index (χ2n) is 29.2. The highest BCUT2D eigenvalue weighted by molar-refractivity contribution is 7.47. The molecule has 100 heavy (non-hydrogen) atoms. The lowest BCUT2D eigenvalue weighted by molar-refractivity contribution is -0.161. The number of aliphatic hydroxyl groups is 1. The summed E-state index contributed by atoms with van der Waals surface area (Å²) in [6.45, 7) is 5.01. The number of unbranched alkanes of at least 4 members (excludes halogenated alkanes) is 56. The summed E-state index contributed by atoms with van der Waals surface area (Å²) in [4.78, 5) is 72.9. The van der Waals surface area contributed by atoms with E-state index in [1.165, 1.54) is 270 Å². The van der Waals surface area contributed by atoms with Crippen LogP contribution in [0.4, 0.5) is 0 Å². The van der Waals surface area contributed by atoms with Gasteiger partial charge in [0, 0.05) is 25.7 Å². The molecule has 19 heteroatoms. The van der Waals surface area contributed by atoms with Crippen molar-refractivity contribution < 1.29 is 80.2 Å². The molecule has 0 aliphatic rings. The van der Waals surface area contributed by atoms with E-state index in [4.69, 9.17) is 37.0 Å². The number of aliphatic hydroxyl groups excluding tert-OH is 1. The molecule has 0 aromatic rings. The highest BCUT2D eigenvalue weighted by Crippen LogP contribution is 2.45. The van der Waals surface area contributed by atoms with Crippen LogP contribution < -0.4 is 0 Å². The summed E-state index contributed by atoms with van der Waals surface area (Å²) in [5, 5.41) is 10.6. The average molecular weight is 1470 g/mol. The van der Waals surface area contributed by atoms with Gasteiger partial charge >= 0.3 is 39.5 Å². The van der Waals surface area contributed by atoms with Crippen molar-refractivity contribution in [2.45, 2.75) is 457 Å². The molecule has 0 saturated heterocycles. The van der Waals surface area contributed by atoms with Crippen LogP contribution in [-0.2, 0) is 65.4 Å². The van der Waals surface area contributed by atoms with Crippen molar-refractivity contribution >= 4 is 39.5 Å². The minimum absolute atomic E-state index is 0.108. The number of ether oxygens (including phenoxy) is 4. The lowest BCUT2D eigenvalue weighted by Crippen LogP contribution is -2.30. The van der Waals surface area contributed by atoms with Gasteiger partial charge in [0.25, 0.3) is 0 Å². The average Bonchev–Trinajstić information content (AvgIpc) is 1.11. The molecule has 0 amide bonds. The minimum Gasteiger partial charge on any atom is -0.462 e. The molecule has 5 atom stereocenters. The van der Waals surface area contributed by atoms with E-state index in [-0.39, 0.29) is 25.7 Å². The van der Waals surface area contributed by atoms with Gasteiger partial charge in [-0.3, -0.25) is 37.3 Å². The van der Waals surface area contributed by atoms with Crippen molar-refractivity contribution in [3.63, 3.8) is 0 Å². The second kappa shape index (κ2) is 75.3. The molecule has 0 fully saturated rings. The Morgan fingerprint density at radius 2 is 0.400 bits per heavy atom. The van der Waals surface area contributed by atoms with Crippen LogP contribution in [0.25, 0.3) is 0 Å². The van der Waals surface area contributed by atoms with Crippen LogP contribution in [0.3, 0.4) is 0 Å². The Morgan fingerprint density at radius 3 is 0.590 bits per heavy atom. The van der Waals surface area contributed by atoms with Crippen molar-refractivity contribution in [3.05, 3.63) is 0 Å². The fourth-order valence-corrected chi connectivity index (χ4v) is 14.2. The van der Waals surface area contributed by atoms with E-state index in [1.807, 2.05) is 0 Å². The molecule has 0 bridgehead atoms. The highest BCUT2D eigenvalue weighted by atomic mass is 31.2. The van der Waals surface area contributed by atoms with Gasteiger partial charge in [0.15, 0.2) is 12.2 Å². The van der Waals surface area contributed by atoms with Crippen LogP contribution in [0, 0.1) is 0 Å². The summed E-state index contributed by atoms with van der Waals surface area (Å²) in [5.74, 6) is -2.11. The molecule has 594 valence electrons. The summed E-state index contributed by atoms with van der Waals surface area (Å²) >= 11 is 0. The first kappa shape index (κ1) is 98.1. The molecule has 17 nitrogen and oxygen atoms in total. The van der Waals surface area contributed by atoms with E-state index in [0.29, 0.717) is 25.7 Å². The van der Waals surface area contributed by atoms with Gasteiger partial charge in [-0.25, -0.2) is 9.13 Å². The zero-order valence-corrected chi connectivity index (χ0v) is 67.0. The molecule has 0 saturated carbocycles. The summed E-state index contributed by atoms with van der Waals surface area (Å²) in [5.41, 5.74) is 0. The molecule has 2 unspecified atom stereocenters. The van der Waals surface area contributed by atoms with Crippen molar-refractivity contribution in [1.29, 1.82) is 0 Å². The third kappa shape index (κ3) is 74.3. The molecule has 0 radical (unpaired) electrons. The van der Waals surface area contributed by atoms with Crippen LogP contribution in [0.5, 0.6) is 0 Å². The van der Waals surface area contributed by atoms with Gasteiger partial charge in [0.2, 0.25) is 0 Å². The summed E-state index contributed by atoms with van der Waals surface area (Å²) in [7, 11) is -9.91. The SMILES string of the molecule is CCCCCCCCCCCCCCCCCCCCCCCC(=O)O[C@H](COC(=O)CCCCCCCCCCCCCCCCCCCC)COP(=O)(O)OC[C@@H](O)COP(=O)(O)OC[C@@H](COC(=O)CCCCCCCCCCCC)OC(=O)CCCCCCCCCCCCC. The normalized spacial score (nSPS) is 13.8. The number of rotatable bonds is 82. The summed E-state index contributed by atoms with van der Waals surface area (Å²) in [6.07, 6.45) is 68.1. The van der Waals surface area contributed by atoms with Crippen molar-refractivity contribution in [1.82, 2.24) is 0 Å². The highest BCUT2D eigenvalue weighted by Gasteiger charge is 2.30. The fourth-order valence-electron chi connectivity index (χ4n) is 12.6. The van der Waals surface area contributed by atoms with E-state index >= 15 is 0 Å². The lowest BCUT2D eigenvalue weighted by atomic mass is 10.0. The number of carbonyl (C=O) groups excluding carboxylic acids is 4. The maximum absolute atomic E-state index is 13.1. The Bertz CT molecular complexity index is 1890. The summed E-state index contributed by atoms with van der Waals surface area (Å²) in [6, 6.07) is 0. The van der Waals surface area contributed by atoms with Crippen LogP contribution in [0.1, 0.15) is 439 Å². The number of hydrogen-bond donors (Lipinski definition) is 3. The third-order valence-electron chi connectivity index (χ3n) is 19.1. The molecule has 0 aliphatic carbocycles. The van der Waals surface area contributed by atoms with Gasteiger partial charge in [0.05, 0.1) is 26.4 Å². The quantitative estimate of drug-likeness (QED) is 0.0222. The number of phosphoric acid groups is 2. The molecule has 0 heterocycles. The van der Waals surface area contributed by atoms with Gasteiger partial charge in [-0.05, 0) is 25.7 Å². The Labute approximate surface area is 613 Å². The monoisotopic (exact) mass is 1470 g/mol. The van der Waals surface area contributed by atoms with Crippen LogP contribution >= 0.6 is 15.6 Å². The number of carbonyl (C=O) groups is 4. The molecular formula is C81H158O17P2. The fraction of sp³-hybridized carbons (Fsp3) is 0.951. The molecule has 0 spiro atoms. The summed E-state index contributed by atoms with van der Waals surface area (Å²) < 4.78 is 68.7. The number of esters is 4. The van der Waals surface area contributed by atoms with E-state index in [9.17, 15) is 43.2 Å². The first-order valence-electron chi connectivity index (χ1n) is 42.3. The maximum atomic E-state index is 13.1. The second-order valence-corrected chi connectivity index (χ2v) is 32.1. The lowest BCUT2D eigenvalue weighted by Gasteiger charge is -2.21. The number of hydrogen-bond acceptors (Lipinski definition) is 15. The van der Waals surface area contributed by atoms with Gasteiger partial charge < -0.3 is 33.8 Å². The van der Waals surface area contributed by atoms with Crippen LogP contribution in [-0.4, -0.2) is 96.7 Å². The Kier molecular flexibility index (Phi) is 73.8. The molecule has 0 rings (SSSR count). The van der Waals surface area contributed by atoms with E-state index in [1.54, 1.807) is 0 Å². The molecular weight excluding hydrogens is 1310 g/mol. The van der Waals surface area contributed by atoms with E-state index in [2.05, 4.69) is 27.7 Å². The van der Waals surface area contributed by atoms with Gasteiger partial charge in [-0.2, -0.15) is 0 Å². The van der Waals surface area contributed by atoms with E-state index in [0.717, 1.165) is 89.9 Å². The van der Waals surface area contributed by atoms with E-state index < -0.39 is 97.5 Å². The zero-order chi connectivity index (χ0) is 73.2. The van der Waals surface area contributed by atoms with Gasteiger partial charge in [-0.1, -0.05) is 387 Å². The maximum Gasteiger partial charge on any atom is 0.472 e. The first-order valence-corrected chi connectivity index (χ1v) is 45.3. The molecule has 3 N–H and O–H groups in total. The Balaban J connectivity index is 5.19. The van der Waals surface area contributed by atoms with Crippen LogP contribution in [0.15, 0.2) is 0 Å². The predicted octanol–water partition coefficient (Wildman–Crippen LogP) is 24.6.